The van der Waals surface area contributed by atoms with Crippen molar-refractivity contribution in [1.29, 1.82) is 0 Å². The molecule has 0 N–H and O–H groups in total. The van der Waals surface area contributed by atoms with Gasteiger partial charge in [-0.25, -0.2) is 18.3 Å². The average Bonchev–Trinajstić information content (AvgIpc) is 3.69. The van der Waals surface area contributed by atoms with Gasteiger partial charge in [-0.05, 0) is 50.0 Å². The summed E-state index contributed by atoms with van der Waals surface area (Å²) in [7, 11) is 4.30. The van der Waals surface area contributed by atoms with Crippen molar-refractivity contribution in [3.8, 4) is 0 Å². The lowest BCUT2D eigenvalue weighted by Crippen LogP contribution is -3.00. The molecule has 0 amide bonds. The molecule has 0 aliphatic rings. The molecule has 0 radical (unpaired) electrons. The summed E-state index contributed by atoms with van der Waals surface area (Å²) in [6, 6.07) is 1.29. The predicted molar refractivity (Wildman–Crippen MR) is 206 cm³/mol. The van der Waals surface area contributed by atoms with Gasteiger partial charge in [0.25, 0.3) is 0 Å². The first-order valence-electron chi connectivity index (χ1n) is 19.8. The zero-order valence-electron chi connectivity index (χ0n) is 31.8. The third-order valence-electron chi connectivity index (χ3n) is 9.65. The van der Waals surface area contributed by atoms with Crippen molar-refractivity contribution < 1.29 is 43.1 Å². The molecule has 2 rings (SSSR count). The summed E-state index contributed by atoms with van der Waals surface area (Å²) in [5.41, 5.74) is 0. The molecule has 0 aliphatic heterocycles. The SMILES string of the molecule is CCCCCCCCCCCCC(CSCCCCSCC(CCCCCCCCCCCC)n1cc[n+](C)c1)n1cc[n+](C)c1.[Br-].[Br-]. The Labute approximate surface area is 328 Å². The van der Waals surface area contributed by atoms with E-state index < -0.39 is 0 Å². The maximum Gasteiger partial charge on any atom is 0.243 e. The molecule has 0 bridgehead atoms. The number of halogens is 2. The fraction of sp³-hybridized carbons (Fsp3) is 0.850. The number of aryl methyl sites for hydroxylation is 2. The molecule has 0 spiro atoms. The Morgan fingerprint density at radius 2 is 0.771 bits per heavy atom. The van der Waals surface area contributed by atoms with E-state index in [2.05, 4.69) is 107 Å². The van der Waals surface area contributed by atoms with Gasteiger partial charge in [0.1, 0.15) is 36.9 Å². The highest BCUT2D eigenvalue weighted by molar-refractivity contribution is 7.99. The number of aromatic nitrogens is 4. The summed E-state index contributed by atoms with van der Waals surface area (Å²) in [6.45, 7) is 4.61. The Morgan fingerprint density at radius 1 is 0.458 bits per heavy atom. The monoisotopic (exact) mass is 834 g/mol. The van der Waals surface area contributed by atoms with Crippen molar-refractivity contribution >= 4 is 23.5 Å². The Balaban J connectivity index is 0.0000110. The molecule has 282 valence electrons. The van der Waals surface area contributed by atoms with Gasteiger partial charge in [0, 0.05) is 11.5 Å². The van der Waals surface area contributed by atoms with Crippen LogP contribution in [0.3, 0.4) is 0 Å². The number of hydrogen-bond acceptors (Lipinski definition) is 2. The van der Waals surface area contributed by atoms with E-state index >= 15 is 0 Å². The second-order valence-corrected chi connectivity index (χ2v) is 16.5. The van der Waals surface area contributed by atoms with Gasteiger partial charge in [-0.1, -0.05) is 129 Å². The topological polar surface area (TPSA) is 17.6 Å². The Kier molecular flexibility index (Phi) is 34.2. The smallest absolute Gasteiger partial charge is 0.243 e. The van der Waals surface area contributed by atoms with Crippen molar-refractivity contribution in [1.82, 2.24) is 9.13 Å². The molecule has 2 unspecified atom stereocenters. The molecule has 4 nitrogen and oxygen atoms in total. The molecule has 2 aromatic heterocycles. The van der Waals surface area contributed by atoms with Crippen molar-refractivity contribution in [3.05, 3.63) is 37.4 Å². The van der Waals surface area contributed by atoms with Gasteiger partial charge < -0.3 is 34.0 Å². The quantitative estimate of drug-likeness (QED) is 0.0690. The van der Waals surface area contributed by atoms with E-state index in [1.807, 2.05) is 0 Å². The van der Waals surface area contributed by atoms with E-state index in [0.717, 1.165) is 0 Å². The summed E-state index contributed by atoms with van der Waals surface area (Å²) >= 11 is 4.38. The maximum absolute atomic E-state index is 2.48. The number of rotatable bonds is 33. The van der Waals surface area contributed by atoms with Crippen molar-refractivity contribution in [2.45, 2.75) is 180 Å². The molecule has 0 saturated heterocycles. The van der Waals surface area contributed by atoms with Crippen LogP contribution in [0.4, 0.5) is 0 Å². The van der Waals surface area contributed by atoms with Gasteiger partial charge in [-0.2, -0.15) is 23.5 Å². The average molecular weight is 837 g/mol. The number of hydrogen-bond donors (Lipinski definition) is 0. The van der Waals surface area contributed by atoms with Crippen LogP contribution in [-0.4, -0.2) is 32.1 Å². The summed E-state index contributed by atoms with van der Waals surface area (Å²) in [5.74, 6) is 5.12. The van der Waals surface area contributed by atoms with Gasteiger partial charge in [-0.3, -0.25) is 0 Å². The van der Waals surface area contributed by atoms with Crippen molar-refractivity contribution in [2.75, 3.05) is 23.0 Å². The van der Waals surface area contributed by atoms with Crippen LogP contribution < -0.4 is 43.1 Å². The molecule has 0 aromatic carbocycles. The molecular formula is C40H76Br2N4S2. The first-order chi connectivity index (χ1) is 22.6. The third-order valence-corrected chi connectivity index (χ3v) is 12.0. The normalized spacial score (nSPS) is 12.5. The van der Waals surface area contributed by atoms with E-state index in [1.54, 1.807) is 0 Å². The lowest BCUT2D eigenvalue weighted by Gasteiger charge is -2.14. The highest BCUT2D eigenvalue weighted by atomic mass is 79.9. The van der Waals surface area contributed by atoms with Crippen LogP contribution in [0.25, 0.3) is 0 Å². The minimum absolute atomic E-state index is 0. The van der Waals surface area contributed by atoms with E-state index in [4.69, 9.17) is 0 Å². The molecule has 0 aliphatic carbocycles. The highest BCUT2D eigenvalue weighted by Gasteiger charge is 2.17. The summed E-state index contributed by atoms with van der Waals surface area (Å²) in [4.78, 5) is 0. The molecule has 8 heteroatoms. The number of thioether (sulfide) groups is 2. The largest absolute Gasteiger partial charge is 1.00 e. The number of unbranched alkanes of at least 4 members (excludes halogenated alkanes) is 19. The van der Waals surface area contributed by atoms with E-state index in [0.29, 0.717) is 12.1 Å². The third kappa shape index (κ3) is 25.1. The van der Waals surface area contributed by atoms with Gasteiger partial charge in [-0.15, -0.1) is 0 Å². The second-order valence-electron chi connectivity index (χ2n) is 14.2. The Morgan fingerprint density at radius 3 is 1.06 bits per heavy atom. The second kappa shape index (κ2) is 34.2. The number of imidazole rings is 2. The van der Waals surface area contributed by atoms with Crippen LogP contribution in [-0.2, 0) is 14.1 Å². The first-order valence-corrected chi connectivity index (χ1v) is 22.2. The van der Waals surface area contributed by atoms with Gasteiger partial charge in [0.05, 0.1) is 14.1 Å². The molecule has 0 fully saturated rings. The van der Waals surface area contributed by atoms with Gasteiger partial charge in [0.2, 0.25) is 12.7 Å². The highest BCUT2D eigenvalue weighted by Crippen LogP contribution is 2.25. The zero-order valence-corrected chi connectivity index (χ0v) is 36.6. The fourth-order valence-electron chi connectivity index (χ4n) is 6.59. The Hall–Kier alpha value is 0.0800. The Bertz CT molecular complexity index is 864. The van der Waals surface area contributed by atoms with Crippen LogP contribution in [0.15, 0.2) is 37.4 Å². The molecule has 0 saturated carbocycles. The van der Waals surface area contributed by atoms with Crippen LogP contribution >= 0.6 is 23.5 Å². The van der Waals surface area contributed by atoms with E-state index in [9.17, 15) is 0 Å². The van der Waals surface area contributed by atoms with E-state index in [-0.39, 0.29) is 34.0 Å². The number of nitrogens with zero attached hydrogens (tertiary/aromatic N) is 4. The van der Waals surface area contributed by atoms with Crippen molar-refractivity contribution in [2.24, 2.45) is 14.1 Å². The van der Waals surface area contributed by atoms with Gasteiger partial charge in [0.15, 0.2) is 0 Å². The zero-order chi connectivity index (χ0) is 32.9. The van der Waals surface area contributed by atoms with Crippen LogP contribution in [0, 0.1) is 0 Å². The van der Waals surface area contributed by atoms with E-state index in [1.165, 1.54) is 177 Å². The summed E-state index contributed by atoms with van der Waals surface area (Å²) in [6.07, 6.45) is 47.3. The standard InChI is InChI=1S/C40H76N4S2.2BrH/c1-5-7-9-11-13-15-17-19-21-23-27-39(43-31-29-41(3)37-43)35-45-33-25-26-34-46-36-40(44-32-30-42(4)38-44)28-24-22-20-18-16-14-12-10-8-6-2;;/h29-32,37-40H,5-28,33-36H2,1-4H3;2*1H/q+2;;/p-2. The first kappa shape index (κ1) is 48.1. The maximum atomic E-state index is 2.48. The minimum atomic E-state index is 0. The molecule has 2 atom stereocenters. The van der Waals surface area contributed by atoms with Crippen molar-refractivity contribution in [3.63, 3.8) is 0 Å². The lowest BCUT2D eigenvalue weighted by molar-refractivity contribution is -0.671. The molecule has 48 heavy (non-hydrogen) atoms. The van der Waals surface area contributed by atoms with Crippen LogP contribution in [0.1, 0.15) is 180 Å². The minimum Gasteiger partial charge on any atom is -1.00 e. The molecular weight excluding hydrogens is 760 g/mol. The molecule has 2 heterocycles. The summed E-state index contributed by atoms with van der Waals surface area (Å²) < 4.78 is 9.36. The summed E-state index contributed by atoms with van der Waals surface area (Å²) in [5, 5.41) is 0. The lowest BCUT2D eigenvalue weighted by atomic mass is 10.0. The van der Waals surface area contributed by atoms with Gasteiger partial charge >= 0.3 is 0 Å². The van der Waals surface area contributed by atoms with Crippen LogP contribution in [0.5, 0.6) is 0 Å². The molecule has 2 aromatic rings. The van der Waals surface area contributed by atoms with Crippen LogP contribution in [0.2, 0.25) is 0 Å². The fourth-order valence-corrected chi connectivity index (χ4v) is 8.96. The predicted octanol–water partition coefficient (Wildman–Crippen LogP) is 5.60.